The summed E-state index contributed by atoms with van der Waals surface area (Å²) in [5.74, 6) is 0. The van der Waals surface area contributed by atoms with E-state index in [1.807, 2.05) is 12.1 Å². The number of pyridine rings is 1. The molecule has 0 aliphatic heterocycles. The lowest BCUT2D eigenvalue weighted by molar-refractivity contribution is 0.116. The summed E-state index contributed by atoms with van der Waals surface area (Å²) >= 11 is 0. The zero-order chi connectivity index (χ0) is 13.4. The standard InChI is InChI=1S/C12H20N4O2/c1-3-18-12(17)16(2)7-6-14-9-11-5-4-10(13)8-15-11/h4-5,8,14H,3,6-7,9,13H2,1-2H3. The molecule has 6 heteroatoms. The third-order valence-corrected chi connectivity index (χ3v) is 2.36. The van der Waals surface area contributed by atoms with Crippen molar-refractivity contribution < 1.29 is 9.53 Å². The van der Waals surface area contributed by atoms with Crippen LogP contribution in [-0.2, 0) is 11.3 Å². The van der Waals surface area contributed by atoms with Crippen molar-refractivity contribution in [3.8, 4) is 0 Å². The van der Waals surface area contributed by atoms with Gasteiger partial charge in [-0.2, -0.15) is 0 Å². The van der Waals surface area contributed by atoms with Crippen LogP contribution in [0.5, 0.6) is 0 Å². The lowest BCUT2D eigenvalue weighted by atomic mass is 10.3. The molecule has 1 aromatic heterocycles. The number of nitrogen functional groups attached to an aromatic ring is 1. The highest BCUT2D eigenvalue weighted by Crippen LogP contribution is 2.00. The number of anilines is 1. The molecule has 0 aliphatic rings. The first-order valence-corrected chi connectivity index (χ1v) is 5.92. The summed E-state index contributed by atoms with van der Waals surface area (Å²) in [7, 11) is 1.71. The van der Waals surface area contributed by atoms with Crippen LogP contribution in [0.1, 0.15) is 12.6 Å². The molecule has 0 aromatic carbocycles. The number of nitrogens with zero attached hydrogens (tertiary/aromatic N) is 2. The Morgan fingerprint density at radius 3 is 2.94 bits per heavy atom. The van der Waals surface area contributed by atoms with Gasteiger partial charge in [-0.15, -0.1) is 0 Å². The SMILES string of the molecule is CCOC(=O)N(C)CCNCc1ccc(N)cn1. The summed E-state index contributed by atoms with van der Waals surface area (Å²) in [5, 5.41) is 3.20. The highest BCUT2D eigenvalue weighted by atomic mass is 16.5. The number of aromatic nitrogens is 1. The minimum atomic E-state index is -0.301. The molecule has 1 aromatic rings. The molecule has 6 nitrogen and oxygen atoms in total. The van der Waals surface area contributed by atoms with Gasteiger partial charge in [0.2, 0.25) is 0 Å². The second kappa shape index (κ2) is 7.50. The smallest absolute Gasteiger partial charge is 0.409 e. The molecule has 0 saturated carbocycles. The minimum absolute atomic E-state index is 0.301. The Bertz CT molecular complexity index is 367. The van der Waals surface area contributed by atoms with Crippen LogP contribution in [0.3, 0.4) is 0 Å². The third kappa shape index (κ3) is 5.01. The van der Waals surface area contributed by atoms with Gasteiger partial charge in [-0.05, 0) is 19.1 Å². The Kier molecular flexibility index (Phi) is 5.93. The fourth-order valence-electron chi connectivity index (χ4n) is 1.33. The van der Waals surface area contributed by atoms with Gasteiger partial charge in [0.15, 0.2) is 0 Å². The molecule has 1 amide bonds. The molecule has 0 radical (unpaired) electrons. The van der Waals surface area contributed by atoms with Crippen molar-refractivity contribution in [1.82, 2.24) is 15.2 Å². The topological polar surface area (TPSA) is 80.5 Å². The van der Waals surface area contributed by atoms with Crippen molar-refractivity contribution in [2.45, 2.75) is 13.5 Å². The predicted molar refractivity (Wildman–Crippen MR) is 70.0 cm³/mol. The molecule has 0 saturated heterocycles. The molecule has 3 N–H and O–H groups in total. The maximum absolute atomic E-state index is 11.3. The number of carbonyl (C=O) groups is 1. The number of hydrogen-bond acceptors (Lipinski definition) is 5. The number of likely N-dealkylation sites (N-methyl/N-ethyl adjacent to an activating group) is 1. The van der Waals surface area contributed by atoms with Gasteiger partial charge in [-0.25, -0.2) is 4.79 Å². The van der Waals surface area contributed by atoms with Crippen LogP contribution in [0, 0.1) is 0 Å². The van der Waals surface area contributed by atoms with Crippen LogP contribution in [0.4, 0.5) is 10.5 Å². The number of ether oxygens (including phenoxy) is 1. The molecule has 1 rings (SSSR count). The van der Waals surface area contributed by atoms with E-state index in [2.05, 4.69) is 10.3 Å². The quantitative estimate of drug-likeness (QED) is 0.733. The second-order valence-corrected chi connectivity index (χ2v) is 3.88. The summed E-state index contributed by atoms with van der Waals surface area (Å²) in [6.07, 6.45) is 1.33. The number of nitrogens with two attached hydrogens (primary N) is 1. The van der Waals surface area contributed by atoms with E-state index in [0.717, 1.165) is 5.69 Å². The lowest BCUT2D eigenvalue weighted by Gasteiger charge is -2.16. The maximum atomic E-state index is 11.3. The fraction of sp³-hybridized carbons (Fsp3) is 0.500. The van der Waals surface area contributed by atoms with Crippen molar-refractivity contribution >= 4 is 11.8 Å². The number of hydrogen-bond donors (Lipinski definition) is 2. The van der Waals surface area contributed by atoms with E-state index >= 15 is 0 Å². The normalized spacial score (nSPS) is 10.1. The monoisotopic (exact) mass is 252 g/mol. The van der Waals surface area contributed by atoms with Crippen LogP contribution in [0.2, 0.25) is 0 Å². The Morgan fingerprint density at radius 2 is 2.33 bits per heavy atom. The van der Waals surface area contributed by atoms with Gasteiger partial charge in [-0.1, -0.05) is 0 Å². The average Bonchev–Trinajstić information content (AvgIpc) is 2.36. The van der Waals surface area contributed by atoms with Crippen molar-refractivity contribution in [2.24, 2.45) is 0 Å². The molecule has 0 unspecified atom stereocenters. The predicted octanol–water partition coefficient (Wildman–Crippen LogP) is 0.842. The van der Waals surface area contributed by atoms with E-state index in [1.54, 1.807) is 20.2 Å². The number of nitrogens with one attached hydrogen (secondary N) is 1. The molecule has 18 heavy (non-hydrogen) atoms. The van der Waals surface area contributed by atoms with E-state index in [4.69, 9.17) is 10.5 Å². The largest absolute Gasteiger partial charge is 0.450 e. The molecule has 0 fully saturated rings. The molecule has 0 aliphatic carbocycles. The molecular formula is C12H20N4O2. The highest BCUT2D eigenvalue weighted by molar-refractivity contribution is 5.67. The summed E-state index contributed by atoms with van der Waals surface area (Å²) < 4.78 is 4.87. The van der Waals surface area contributed by atoms with E-state index in [0.29, 0.717) is 31.9 Å². The maximum Gasteiger partial charge on any atom is 0.409 e. The van der Waals surface area contributed by atoms with Crippen LogP contribution in [0.15, 0.2) is 18.3 Å². The van der Waals surface area contributed by atoms with Crippen LogP contribution < -0.4 is 11.1 Å². The first-order chi connectivity index (χ1) is 8.63. The number of amides is 1. The van der Waals surface area contributed by atoms with Crippen molar-refractivity contribution in [2.75, 3.05) is 32.5 Å². The third-order valence-electron chi connectivity index (χ3n) is 2.36. The van der Waals surface area contributed by atoms with E-state index in [1.165, 1.54) is 4.90 Å². The number of rotatable bonds is 6. The first kappa shape index (κ1) is 14.2. The Morgan fingerprint density at radius 1 is 1.56 bits per heavy atom. The van der Waals surface area contributed by atoms with Crippen molar-refractivity contribution in [3.05, 3.63) is 24.0 Å². The van der Waals surface area contributed by atoms with E-state index < -0.39 is 0 Å². The second-order valence-electron chi connectivity index (χ2n) is 3.88. The molecule has 0 spiro atoms. The molecule has 0 atom stereocenters. The zero-order valence-electron chi connectivity index (χ0n) is 10.8. The van der Waals surface area contributed by atoms with Gasteiger partial charge in [0.1, 0.15) is 0 Å². The number of carbonyl (C=O) groups excluding carboxylic acids is 1. The van der Waals surface area contributed by atoms with Crippen molar-refractivity contribution in [1.29, 1.82) is 0 Å². The van der Waals surface area contributed by atoms with Gasteiger partial charge in [0, 0.05) is 26.7 Å². The lowest BCUT2D eigenvalue weighted by Crippen LogP contribution is -2.34. The van der Waals surface area contributed by atoms with Gasteiger partial charge in [0.05, 0.1) is 24.2 Å². The van der Waals surface area contributed by atoms with Gasteiger partial charge in [-0.3, -0.25) is 4.98 Å². The molecular weight excluding hydrogens is 232 g/mol. The van der Waals surface area contributed by atoms with E-state index in [9.17, 15) is 4.79 Å². The zero-order valence-corrected chi connectivity index (χ0v) is 10.8. The van der Waals surface area contributed by atoms with Gasteiger partial charge < -0.3 is 20.7 Å². The van der Waals surface area contributed by atoms with Crippen LogP contribution in [-0.4, -0.2) is 42.7 Å². The Balaban J connectivity index is 2.18. The molecule has 1 heterocycles. The van der Waals surface area contributed by atoms with Gasteiger partial charge in [0.25, 0.3) is 0 Å². The minimum Gasteiger partial charge on any atom is -0.450 e. The van der Waals surface area contributed by atoms with Crippen LogP contribution >= 0.6 is 0 Å². The summed E-state index contributed by atoms with van der Waals surface area (Å²) in [4.78, 5) is 17.0. The molecule has 0 bridgehead atoms. The first-order valence-electron chi connectivity index (χ1n) is 5.92. The van der Waals surface area contributed by atoms with Crippen LogP contribution in [0.25, 0.3) is 0 Å². The fourth-order valence-corrected chi connectivity index (χ4v) is 1.33. The Labute approximate surface area is 107 Å². The molecule has 100 valence electrons. The van der Waals surface area contributed by atoms with Crippen molar-refractivity contribution in [3.63, 3.8) is 0 Å². The van der Waals surface area contributed by atoms with Gasteiger partial charge >= 0.3 is 6.09 Å². The highest BCUT2D eigenvalue weighted by Gasteiger charge is 2.07. The summed E-state index contributed by atoms with van der Waals surface area (Å²) in [6.45, 7) is 4.11. The summed E-state index contributed by atoms with van der Waals surface area (Å²) in [5.41, 5.74) is 7.11. The Hall–Kier alpha value is -1.82. The van der Waals surface area contributed by atoms with E-state index in [-0.39, 0.29) is 6.09 Å². The average molecular weight is 252 g/mol. The summed E-state index contributed by atoms with van der Waals surface area (Å²) in [6, 6.07) is 3.69.